The second-order valence-corrected chi connectivity index (χ2v) is 33.9. The van der Waals surface area contributed by atoms with Crippen LogP contribution in [-0.2, 0) is 23.1 Å². The Hall–Kier alpha value is 0.711. The van der Waals surface area contributed by atoms with Gasteiger partial charge in [0.2, 0.25) is 0 Å². The van der Waals surface area contributed by atoms with Crippen molar-refractivity contribution in [3.8, 4) is 11.5 Å². The molecule has 0 amide bonds. The van der Waals surface area contributed by atoms with Crippen molar-refractivity contribution in [2.75, 3.05) is 7.11 Å². The predicted molar refractivity (Wildman–Crippen MR) is 194 cm³/mol. The third-order valence-electron chi connectivity index (χ3n) is 10.0. The molecule has 0 bridgehead atoms. The zero-order chi connectivity index (χ0) is 33.3. The summed E-state index contributed by atoms with van der Waals surface area (Å²) in [5.41, 5.74) is 3.70. The van der Waals surface area contributed by atoms with Gasteiger partial charge in [0, 0.05) is 13.0 Å². The first-order valence-electron chi connectivity index (χ1n) is 15.3. The summed E-state index contributed by atoms with van der Waals surface area (Å²) >= 11 is 7.11. The van der Waals surface area contributed by atoms with E-state index in [1.165, 1.54) is 0 Å². The van der Waals surface area contributed by atoms with Gasteiger partial charge in [0.05, 0.1) is 9.50 Å². The zero-order valence-corrected chi connectivity index (χ0v) is 36.1. The van der Waals surface area contributed by atoms with E-state index >= 15 is 0 Å². The van der Waals surface area contributed by atoms with Gasteiger partial charge in [0.1, 0.15) is 32.5 Å². The Bertz CT molecular complexity index is 979. The molecule has 0 saturated carbocycles. The summed E-state index contributed by atoms with van der Waals surface area (Å²) in [6.07, 6.45) is -0.346. The lowest BCUT2D eigenvalue weighted by molar-refractivity contribution is -0.298. The van der Waals surface area contributed by atoms with Crippen molar-refractivity contribution in [2.45, 2.75) is 167 Å². The van der Waals surface area contributed by atoms with Crippen molar-refractivity contribution in [2.24, 2.45) is 5.92 Å². The molecule has 5 nitrogen and oxygen atoms in total. The first-order valence-corrected chi connectivity index (χ1v) is 25.7. The molecule has 246 valence electrons. The molecule has 0 aromatic heterocycles. The Kier molecular flexibility index (Phi) is 14.2. The van der Waals surface area contributed by atoms with Gasteiger partial charge in [-0.05, 0) is 80.1 Å². The number of halogens is 2. The van der Waals surface area contributed by atoms with E-state index in [4.69, 9.17) is 23.1 Å². The fourth-order valence-electron chi connectivity index (χ4n) is 3.86. The van der Waals surface area contributed by atoms with Crippen LogP contribution >= 0.6 is 31.9 Å². The van der Waals surface area contributed by atoms with Crippen LogP contribution in [0.25, 0.3) is 0 Å². The first-order chi connectivity index (χ1) is 18.6. The third-order valence-corrected chi connectivity index (χ3v) is 24.0. The lowest BCUT2D eigenvalue weighted by atomic mass is 9.99. The maximum Gasteiger partial charge on any atom is 0.192 e. The summed E-state index contributed by atoms with van der Waals surface area (Å²) < 4.78 is 35.0. The minimum atomic E-state index is -2.28. The SMILES string of the molecule is CO[C@@H]1[C@@H](O[Si](C)(C)C(C)(C)C)[C@H](O[Si](C)(C)C(C)(C)C)[C@H](O[C@H](C#C[Si](C)(C)C(C)(C)C)[C@H](C)C=C(Br)Br)O[C@H]1C. The van der Waals surface area contributed by atoms with Gasteiger partial charge in [0.25, 0.3) is 0 Å². The van der Waals surface area contributed by atoms with E-state index in [0.717, 1.165) is 3.39 Å². The van der Waals surface area contributed by atoms with E-state index < -0.39 is 43.2 Å². The Labute approximate surface area is 279 Å². The number of rotatable bonds is 9. The molecule has 0 aliphatic carbocycles. The Morgan fingerprint density at radius 2 is 1.24 bits per heavy atom. The monoisotopic (exact) mass is 768 g/mol. The molecular formula is C32H62Br2O5Si3. The fraction of sp³-hybridized carbons (Fsp3) is 0.875. The minimum absolute atomic E-state index is 0.0108. The molecule has 0 aromatic carbocycles. The average molecular weight is 771 g/mol. The Morgan fingerprint density at radius 3 is 1.62 bits per heavy atom. The Morgan fingerprint density at radius 1 is 0.786 bits per heavy atom. The molecule has 10 heteroatoms. The Balaban J connectivity index is 3.80. The molecule has 7 atom stereocenters. The molecule has 1 saturated heterocycles. The number of hydrogen-bond donors (Lipinski definition) is 0. The number of ether oxygens (including phenoxy) is 3. The van der Waals surface area contributed by atoms with Crippen LogP contribution in [0.5, 0.6) is 0 Å². The quantitative estimate of drug-likeness (QED) is 0.173. The van der Waals surface area contributed by atoms with Crippen molar-refractivity contribution >= 4 is 56.6 Å². The summed E-state index contributed by atoms with van der Waals surface area (Å²) in [5, 5.41) is 0.143. The smallest absolute Gasteiger partial charge is 0.192 e. The summed E-state index contributed by atoms with van der Waals surface area (Å²) in [6.45, 7) is 38.4. The largest absolute Gasteiger partial charge is 0.408 e. The van der Waals surface area contributed by atoms with E-state index in [0.29, 0.717) is 0 Å². The van der Waals surface area contributed by atoms with Crippen LogP contribution < -0.4 is 0 Å². The van der Waals surface area contributed by atoms with Crippen LogP contribution in [0.1, 0.15) is 76.2 Å². The van der Waals surface area contributed by atoms with Gasteiger partial charge < -0.3 is 23.1 Å². The van der Waals surface area contributed by atoms with Gasteiger partial charge in [-0.2, -0.15) is 0 Å². The number of methoxy groups -OCH3 is 1. The molecule has 0 radical (unpaired) electrons. The van der Waals surface area contributed by atoms with Crippen LogP contribution in [-0.4, -0.2) is 68.6 Å². The van der Waals surface area contributed by atoms with E-state index in [-0.39, 0.29) is 39.3 Å². The molecule has 0 spiro atoms. The summed E-state index contributed by atoms with van der Waals surface area (Å²) in [5.74, 6) is 3.56. The molecule has 1 rings (SSSR count). The van der Waals surface area contributed by atoms with Crippen molar-refractivity contribution in [1.82, 2.24) is 0 Å². The molecule has 0 N–H and O–H groups in total. The van der Waals surface area contributed by atoms with Crippen molar-refractivity contribution < 1.29 is 23.1 Å². The van der Waals surface area contributed by atoms with Crippen LogP contribution in [0.4, 0.5) is 0 Å². The highest BCUT2D eigenvalue weighted by atomic mass is 79.9. The molecule has 0 aromatic rings. The first kappa shape index (κ1) is 40.7. The molecule has 1 fully saturated rings. The summed E-state index contributed by atoms with van der Waals surface area (Å²) in [4.78, 5) is 0. The van der Waals surface area contributed by atoms with Gasteiger partial charge in [-0.25, -0.2) is 0 Å². The van der Waals surface area contributed by atoms with Gasteiger partial charge in [-0.15, -0.1) is 5.54 Å². The maximum atomic E-state index is 7.20. The molecular weight excluding hydrogens is 708 g/mol. The summed E-state index contributed by atoms with van der Waals surface area (Å²) in [6, 6.07) is 0. The van der Waals surface area contributed by atoms with Crippen molar-refractivity contribution in [3.05, 3.63) is 9.47 Å². The van der Waals surface area contributed by atoms with Gasteiger partial charge in [-0.3, -0.25) is 0 Å². The van der Waals surface area contributed by atoms with E-state index in [1.807, 2.05) is 6.92 Å². The fourth-order valence-corrected chi connectivity index (χ4v) is 8.15. The van der Waals surface area contributed by atoms with Crippen LogP contribution in [0.2, 0.25) is 54.4 Å². The topological polar surface area (TPSA) is 46.2 Å². The summed E-state index contributed by atoms with van der Waals surface area (Å²) in [7, 11) is -4.64. The van der Waals surface area contributed by atoms with E-state index in [1.54, 1.807) is 7.11 Å². The second kappa shape index (κ2) is 14.6. The third kappa shape index (κ3) is 10.6. The predicted octanol–water partition coefficient (Wildman–Crippen LogP) is 10.2. The normalized spacial score (nSPS) is 26.2. The van der Waals surface area contributed by atoms with Crippen LogP contribution in [0.15, 0.2) is 9.47 Å². The highest BCUT2D eigenvalue weighted by Crippen LogP contribution is 2.44. The number of hydrogen-bond acceptors (Lipinski definition) is 5. The highest BCUT2D eigenvalue weighted by Gasteiger charge is 2.54. The van der Waals surface area contributed by atoms with Crippen molar-refractivity contribution in [3.63, 3.8) is 0 Å². The molecule has 42 heavy (non-hydrogen) atoms. The zero-order valence-electron chi connectivity index (χ0n) is 29.9. The molecule has 1 heterocycles. The van der Waals surface area contributed by atoms with Crippen molar-refractivity contribution in [1.29, 1.82) is 0 Å². The molecule has 1 aliphatic rings. The second-order valence-electron chi connectivity index (χ2n) is 16.6. The van der Waals surface area contributed by atoms with Crippen LogP contribution in [0, 0.1) is 17.4 Å². The average Bonchev–Trinajstić information content (AvgIpc) is 2.75. The van der Waals surface area contributed by atoms with Gasteiger partial charge in [-0.1, -0.05) is 94.3 Å². The molecule has 1 aliphatic heterocycles. The maximum absolute atomic E-state index is 7.20. The lowest BCUT2D eigenvalue weighted by Gasteiger charge is -2.52. The van der Waals surface area contributed by atoms with Gasteiger partial charge >= 0.3 is 0 Å². The van der Waals surface area contributed by atoms with Gasteiger partial charge in [0.15, 0.2) is 22.9 Å². The van der Waals surface area contributed by atoms with E-state index in [2.05, 4.69) is 158 Å². The van der Waals surface area contributed by atoms with E-state index in [9.17, 15) is 0 Å². The highest BCUT2D eigenvalue weighted by molar-refractivity contribution is 9.28. The molecule has 0 unspecified atom stereocenters. The minimum Gasteiger partial charge on any atom is -0.408 e. The lowest BCUT2D eigenvalue weighted by Crippen LogP contribution is -2.65. The standard InChI is InChI=1S/C32H62Br2O5Si3/c1-22(21-25(33)34)24(19-20-40(13,14)30(3,4)5)37-29-28(39-42(17,18)32(9,10)11)27(26(35-12)23(2)36-29)38-41(15,16)31(6,7)8/h21-24,26-29H,1-18H3/t22-,23+,24-,26+,27-,28+,29+/m1/s1. The van der Waals surface area contributed by atoms with Crippen LogP contribution in [0.3, 0.4) is 0 Å².